The number of carbonyl (C=O) groups is 1. The SMILES string of the molecule is O=C(O)/C=C/c1ccc(O)c(Oc2cc3cc(O)c(O)cc3oc2=O)c1. The second-order valence-electron chi connectivity index (χ2n) is 5.28. The van der Waals surface area contributed by atoms with Gasteiger partial charge in [0, 0.05) is 17.5 Å². The van der Waals surface area contributed by atoms with Gasteiger partial charge in [-0.05, 0) is 35.9 Å². The zero-order chi connectivity index (χ0) is 18.8. The Balaban J connectivity index is 2.02. The van der Waals surface area contributed by atoms with Gasteiger partial charge in [-0.15, -0.1) is 0 Å². The number of hydrogen-bond acceptors (Lipinski definition) is 7. The summed E-state index contributed by atoms with van der Waals surface area (Å²) in [6.45, 7) is 0. The third-order valence-electron chi connectivity index (χ3n) is 3.42. The van der Waals surface area contributed by atoms with Crippen LogP contribution in [0.5, 0.6) is 28.7 Å². The third kappa shape index (κ3) is 3.44. The smallest absolute Gasteiger partial charge is 0.379 e. The van der Waals surface area contributed by atoms with Gasteiger partial charge in [0.1, 0.15) is 5.58 Å². The van der Waals surface area contributed by atoms with Gasteiger partial charge < -0.3 is 29.6 Å². The molecule has 4 N–H and O–H groups in total. The minimum atomic E-state index is -1.14. The molecule has 0 saturated heterocycles. The molecule has 1 aromatic heterocycles. The summed E-state index contributed by atoms with van der Waals surface area (Å²) >= 11 is 0. The summed E-state index contributed by atoms with van der Waals surface area (Å²) in [5.74, 6) is -2.61. The van der Waals surface area contributed by atoms with Crippen molar-refractivity contribution >= 4 is 23.0 Å². The number of benzene rings is 2. The van der Waals surface area contributed by atoms with E-state index in [1.165, 1.54) is 36.4 Å². The first-order chi connectivity index (χ1) is 12.3. The van der Waals surface area contributed by atoms with E-state index < -0.39 is 23.1 Å². The van der Waals surface area contributed by atoms with Crippen molar-refractivity contribution in [1.29, 1.82) is 0 Å². The van der Waals surface area contributed by atoms with Crippen LogP contribution in [0.1, 0.15) is 5.56 Å². The topological polar surface area (TPSA) is 137 Å². The highest BCUT2D eigenvalue weighted by molar-refractivity contribution is 5.85. The molecular formula is C18H12O8. The van der Waals surface area contributed by atoms with E-state index in [9.17, 15) is 24.9 Å². The van der Waals surface area contributed by atoms with Gasteiger partial charge in [-0.1, -0.05) is 6.07 Å². The predicted octanol–water partition coefficient (Wildman–Crippen LogP) is 2.80. The van der Waals surface area contributed by atoms with E-state index in [0.717, 1.165) is 12.1 Å². The van der Waals surface area contributed by atoms with Crippen LogP contribution in [0, 0.1) is 0 Å². The summed E-state index contributed by atoms with van der Waals surface area (Å²) < 4.78 is 10.4. The Morgan fingerprint density at radius 2 is 1.69 bits per heavy atom. The van der Waals surface area contributed by atoms with E-state index in [1.807, 2.05) is 0 Å². The van der Waals surface area contributed by atoms with E-state index in [2.05, 4.69) is 0 Å². The molecule has 1 heterocycles. The van der Waals surface area contributed by atoms with Crippen molar-refractivity contribution in [2.24, 2.45) is 0 Å². The molecule has 132 valence electrons. The molecule has 8 heteroatoms. The fourth-order valence-corrected chi connectivity index (χ4v) is 2.20. The molecule has 0 fully saturated rings. The summed E-state index contributed by atoms with van der Waals surface area (Å²) in [5.41, 5.74) is -0.401. The Kier molecular flexibility index (Phi) is 4.24. The number of phenolic OH excluding ortho intramolecular Hbond substituents is 3. The number of ether oxygens (including phenoxy) is 1. The maximum atomic E-state index is 12.0. The number of aliphatic carboxylic acids is 1. The van der Waals surface area contributed by atoms with E-state index in [1.54, 1.807) is 0 Å². The fourth-order valence-electron chi connectivity index (χ4n) is 2.20. The standard InChI is InChI=1S/C18H12O8/c19-11-3-1-9(2-4-17(22)23)5-15(11)25-16-7-10-6-12(20)13(21)8-14(10)26-18(16)24/h1-8,19-21H,(H,22,23)/b4-2+. The molecule has 0 atom stereocenters. The zero-order valence-electron chi connectivity index (χ0n) is 13.0. The van der Waals surface area contributed by atoms with Gasteiger partial charge in [0.25, 0.3) is 0 Å². The predicted molar refractivity (Wildman–Crippen MR) is 90.7 cm³/mol. The number of carboxylic acids is 1. The molecule has 2 aromatic carbocycles. The normalized spacial score (nSPS) is 11.1. The van der Waals surface area contributed by atoms with Crippen molar-refractivity contribution < 1.29 is 34.4 Å². The number of rotatable bonds is 4. The van der Waals surface area contributed by atoms with Crippen LogP contribution >= 0.6 is 0 Å². The van der Waals surface area contributed by atoms with Crippen LogP contribution in [0.2, 0.25) is 0 Å². The van der Waals surface area contributed by atoms with E-state index in [-0.39, 0.29) is 28.2 Å². The molecule has 0 unspecified atom stereocenters. The zero-order valence-corrected chi connectivity index (χ0v) is 13.0. The van der Waals surface area contributed by atoms with E-state index in [4.69, 9.17) is 14.3 Å². The first kappa shape index (κ1) is 16.9. The van der Waals surface area contributed by atoms with Crippen LogP contribution in [0.4, 0.5) is 0 Å². The average molecular weight is 356 g/mol. The third-order valence-corrected chi connectivity index (χ3v) is 3.42. The number of hydrogen-bond donors (Lipinski definition) is 4. The lowest BCUT2D eigenvalue weighted by Crippen LogP contribution is -2.03. The van der Waals surface area contributed by atoms with E-state index >= 15 is 0 Å². The number of aromatic hydroxyl groups is 3. The highest BCUT2D eigenvalue weighted by atomic mass is 16.5. The monoisotopic (exact) mass is 356 g/mol. The summed E-state index contributed by atoms with van der Waals surface area (Å²) in [6.07, 6.45) is 2.20. The summed E-state index contributed by atoms with van der Waals surface area (Å²) in [7, 11) is 0. The second kappa shape index (κ2) is 6.52. The van der Waals surface area contributed by atoms with Gasteiger partial charge in [-0.2, -0.15) is 0 Å². The largest absolute Gasteiger partial charge is 0.504 e. The first-order valence-corrected chi connectivity index (χ1v) is 7.25. The molecule has 0 aliphatic carbocycles. The lowest BCUT2D eigenvalue weighted by atomic mass is 10.2. The fraction of sp³-hybridized carbons (Fsp3) is 0. The second-order valence-corrected chi connectivity index (χ2v) is 5.28. The van der Waals surface area contributed by atoms with Crippen molar-refractivity contribution in [3.8, 4) is 28.7 Å². The maximum Gasteiger partial charge on any atom is 0.379 e. The lowest BCUT2D eigenvalue weighted by Gasteiger charge is -2.08. The van der Waals surface area contributed by atoms with Crippen LogP contribution in [0.3, 0.4) is 0 Å². The Labute approximate surface area is 145 Å². The summed E-state index contributed by atoms with van der Waals surface area (Å²) in [4.78, 5) is 22.6. The molecule has 3 rings (SSSR count). The molecule has 26 heavy (non-hydrogen) atoms. The molecule has 8 nitrogen and oxygen atoms in total. The molecule has 0 saturated carbocycles. The Morgan fingerprint density at radius 3 is 2.42 bits per heavy atom. The summed E-state index contributed by atoms with van der Waals surface area (Å²) in [6, 6.07) is 7.64. The number of fused-ring (bicyclic) bond motifs is 1. The van der Waals surface area contributed by atoms with Gasteiger partial charge in [-0.3, -0.25) is 0 Å². The van der Waals surface area contributed by atoms with Crippen molar-refractivity contribution in [1.82, 2.24) is 0 Å². The molecule has 0 aliphatic rings. The Bertz CT molecular complexity index is 1090. The molecular weight excluding hydrogens is 344 g/mol. The van der Waals surface area contributed by atoms with Crippen LogP contribution in [-0.2, 0) is 4.79 Å². The van der Waals surface area contributed by atoms with Gasteiger partial charge in [0.05, 0.1) is 0 Å². The van der Waals surface area contributed by atoms with Gasteiger partial charge in [0.15, 0.2) is 23.0 Å². The van der Waals surface area contributed by atoms with Crippen molar-refractivity contribution in [3.05, 3.63) is 58.5 Å². The number of phenols is 3. The van der Waals surface area contributed by atoms with E-state index in [0.29, 0.717) is 5.56 Å². The first-order valence-electron chi connectivity index (χ1n) is 7.25. The Morgan fingerprint density at radius 1 is 0.962 bits per heavy atom. The van der Waals surface area contributed by atoms with Crippen LogP contribution in [0.25, 0.3) is 17.0 Å². The van der Waals surface area contributed by atoms with Gasteiger partial charge in [-0.25, -0.2) is 9.59 Å². The molecule has 0 spiro atoms. The van der Waals surface area contributed by atoms with Crippen molar-refractivity contribution in [2.45, 2.75) is 0 Å². The molecule has 0 amide bonds. The van der Waals surface area contributed by atoms with Crippen molar-refractivity contribution in [2.75, 3.05) is 0 Å². The van der Waals surface area contributed by atoms with Gasteiger partial charge in [0.2, 0.25) is 5.75 Å². The highest BCUT2D eigenvalue weighted by Gasteiger charge is 2.13. The lowest BCUT2D eigenvalue weighted by molar-refractivity contribution is -0.131. The quantitative estimate of drug-likeness (QED) is 0.318. The minimum Gasteiger partial charge on any atom is -0.504 e. The van der Waals surface area contributed by atoms with Crippen LogP contribution < -0.4 is 10.4 Å². The van der Waals surface area contributed by atoms with Crippen molar-refractivity contribution in [3.63, 3.8) is 0 Å². The Hall–Kier alpha value is -3.94. The van der Waals surface area contributed by atoms with Crippen LogP contribution in [-0.4, -0.2) is 26.4 Å². The highest BCUT2D eigenvalue weighted by Crippen LogP contribution is 2.34. The minimum absolute atomic E-state index is 0.0417. The number of carboxylic acid groups (broad SMARTS) is 1. The van der Waals surface area contributed by atoms with Crippen LogP contribution in [0.15, 0.2) is 51.7 Å². The summed E-state index contributed by atoms with van der Waals surface area (Å²) in [5, 5.41) is 37.8. The molecule has 3 aromatic rings. The molecule has 0 bridgehead atoms. The van der Waals surface area contributed by atoms with Gasteiger partial charge >= 0.3 is 11.6 Å². The maximum absolute atomic E-state index is 12.0. The molecule has 0 radical (unpaired) electrons. The average Bonchev–Trinajstić information content (AvgIpc) is 2.58. The molecule has 0 aliphatic heterocycles.